The third-order valence-corrected chi connectivity index (χ3v) is 5.00. The van der Waals surface area contributed by atoms with Crippen molar-refractivity contribution in [2.24, 2.45) is 7.05 Å². The van der Waals surface area contributed by atoms with Gasteiger partial charge in [-0.05, 0) is 42.1 Å². The number of fused-ring (bicyclic) bond motifs is 4. The third-order valence-electron chi connectivity index (χ3n) is 5.00. The Labute approximate surface area is 145 Å². The molecular formula is C23H18NO+. The Morgan fingerprint density at radius 3 is 2.40 bits per heavy atom. The highest BCUT2D eigenvalue weighted by molar-refractivity contribution is 6.06. The summed E-state index contributed by atoms with van der Waals surface area (Å²) in [6.07, 6.45) is 2.19. The zero-order valence-electron chi connectivity index (χ0n) is 14.3. The average molecular weight is 324 g/mol. The Balaban J connectivity index is 1.81. The molecule has 25 heavy (non-hydrogen) atoms. The van der Waals surface area contributed by atoms with Gasteiger partial charge in [0.15, 0.2) is 6.20 Å². The highest BCUT2D eigenvalue weighted by Gasteiger charge is 2.17. The van der Waals surface area contributed by atoms with Crippen molar-refractivity contribution < 1.29 is 8.98 Å². The number of rotatable bonds is 1. The highest BCUT2D eigenvalue weighted by Crippen LogP contribution is 2.34. The van der Waals surface area contributed by atoms with Crippen molar-refractivity contribution in [1.29, 1.82) is 0 Å². The molecular weight excluding hydrogens is 306 g/mol. The number of hydrogen-bond acceptors (Lipinski definition) is 1. The van der Waals surface area contributed by atoms with Crippen LogP contribution in [-0.4, -0.2) is 0 Å². The lowest BCUT2D eigenvalue weighted by molar-refractivity contribution is -0.659. The fourth-order valence-corrected chi connectivity index (χ4v) is 3.71. The molecule has 0 N–H and O–H groups in total. The summed E-state index contributed by atoms with van der Waals surface area (Å²) in [5.74, 6) is 0. The summed E-state index contributed by atoms with van der Waals surface area (Å²) < 4.78 is 8.28. The normalized spacial score (nSPS) is 11.6. The second kappa shape index (κ2) is 5.18. The van der Waals surface area contributed by atoms with Gasteiger partial charge >= 0.3 is 0 Å². The predicted molar refractivity (Wildman–Crippen MR) is 103 cm³/mol. The summed E-state index contributed by atoms with van der Waals surface area (Å²) in [5, 5.41) is 4.85. The lowest BCUT2D eigenvalue weighted by Crippen LogP contribution is -2.30. The van der Waals surface area contributed by atoms with Gasteiger partial charge in [-0.15, -0.1) is 0 Å². The van der Waals surface area contributed by atoms with Crippen LogP contribution >= 0.6 is 0 Å². The van der Waals surface area contributed by atoms with E-state index in [-0.39, 0.29) is 0 Å². The molecule has 0 fully saturated rings. The predicted octanol–water partition coefficient (Wildman–Crippen LogP) is 5.54. The smallest absolute Gasteiger partial charge is 0.213 e. The number of para-hydroxylation sites is 1. The summed E-state index contributed by atoms with van der Waals surface area (Å²) in [6.45, 7) is 2.17. The molecule has 2 heteroatoms. The third kappa shape index (κ3) is 2.14. The molecule has 3 aromatic carbocycles. The minimum atomic E-state index is 0.940. The quantitative estimate of drug-likeness (QED) is 0.370. The minimum absolute atomic E-state index is 0.940. The summed E-state index contributed by atoms with van der Waals surface area (Å²) in [6, 6.07) is 23.4. The molecule has 2 nitrogen and oxygen atoms in total. The van der Waals surface area contributed by atoms with Crippen molar-refractivity contribution in [3.8, 4) is 11.3 Å². The molecule has 5 aromatic rings. The number of aryl methyl sites for hydroxylation is 2. The second-order valence-electron chi connectivity index (χ2n) is 6.66. The minimum Gasteiger partial charge on any atom is -0.456 e. The maximum Gasteiger partial charge on any atom is 0.213 e. The van der Waals surface area contributed by atoms with Crippen LogP contribution in [0.5, 0.6) is 0 Å². The van der Waals surface area contributed by atoms with E-state index < -0.39 is 0 Å². The van der Waals surface area contributed by atoms with Crippen LogP contribution in [0.25, 0.3) is 44.0 Å². The van der Waals surface area contributed by atoms with E-state index in [9.17, 15) is 0 Å². The Bertz CT molecular complexity index is 1260. The molecule has 0 aliphatic carbocycles. The van der Waals surface area contributed by atoms with Crippen LogP contribution in [0.3, 0.4) is 0 Å². The molecule has 0 aliphatic heterocycles. The molecule has 5 rings (SSSR count). The van der Waals surface area contributed by atoms with Gasteiger partial charge in [0.05, 0.1) is 5.56 Å². The highest BCUT2D eigenvalue weighted by atomic mass is 16.3. The van der Waals surface area contributed by atoms with Gasteiger partial charge < -0.3 is 4.42 Å². The first-order chi connectivity index (χ1) is 12.2. The lowest BCUT2D eigenvalue weighted by Gasteiger charge is -2.06. The molecule has 0 saturated carbocycles. The number of aromatic nitrogens is 1. The Morgan fingerprint density at radius 2 is 1.52 bits per heavy atom. The van der Waals surface area contributed by atoms with Crippen molar-refractivity contribution in [1.82, 2.24) is 0 Å². The molecule has 2 aromatic heterocycles. The topological polar surface area (TPSA) is 17.0 Å². The Morgan fingerprint density at radius 1 is 0.760 bits per heavy atom. The largest absolute Gasteiger partial charge is 0.456 e. The van der Waals surface area contributed by atoms with Crippen molar-refractivity contribution in [3.05, 3.63) is 78.5 Å². The van der Waals surface area contributed by atoms with Crippen LogP contribution in [0.15, 0.2) is 77.3 Å². The van der Waals surface area contributed by atoms with E-state index in [1.807, 2.05) is 12.1 Å². The summed E-state index contributed by atoms with van der Waals surface area (Å²) >= 11 is 0. The Kier molecular flexibility index (Phi) is 2.95. The fourth-order valence-electron chi connectivity index (χ4n) is 3.71. The zero-order valence-corrected chi connectivity index (χ0v) is 14.3. The number of pyridine rings is 1. The van der Waals surface area contributed by atoms with Crippen molar-refractivity contribution in [3.63, 3.8) is 0 Å². The maximum atomic E-state index is 6.09. The monoisotopic (exact) mass is 324 g/mol. The standard InChI is InChI=1S/C23H18NO/c1-15-11-20-18-9-5-6-10-22(18)25-23(20)13-19(15)21-12-16-7-3-4-8-17(16)14-24(21)2/h3-14H,1-2H3/q+1. The van der Waals surface area contributed by atoms with Crippen LogP contribution in [0.2, 0.25) is 0 Å². The molecule has 0 radical (unpaired) electrons. The molecule has 0 aliphatic rings. The van der Waals surface area contributed by atoms with E-state index in [4.69, 9.17) is 4.42 Å². The molecule has 2 heterocycles. The van der Waals surface area contributed by atoms with E-state index in [2.05, 4.69) is 79.3 Å². The van der Waals surface area contributed by atoms with Crippen LogP contribution in [0.4, 0.5) is 0 Å². The molecule has 0 saturated heterocycles. The van der Waals surface area contributed by atoms with Gasteiger partial charge in [0.25, 0.3) is 0 Å². The number of furan rings is 1. The molecule has 0 unspecified atom stereocenters. The van der Waals surface area contributed by atoms with E-state index in [0.717, 1.165) is 11.2 Å². The van der Waals surface area contributed by atoms with Crippen LogP contribution in [0, 0.1) is 6.92 Å². The van der Waals surface area contributed by atoms with Crippen molar-refractivity contribution in [2.45, 2.75) is 6.92 Å². The zero-order chi connectivity index (χ0) is 17.0. The second-order valence-corrected chi connectivity index (χ2v) is 6.66. The fraction of sp³-hybridized carbons (Fsp3) is 0.0870. The SMILES string of the molecule is Cc1cc2c(cc1-c1cc3ccccc3c[n+]1C)oc1ccccc12. The summed E-state index contributed by atoms with van der Waals surface area (Å²) in [5.41, 5.74) is 5.54. The summed E-state index contributed by atoms with van der Waals surface area (Å²) in [7, 11) is 2.10. The van der Waals surface area contributed by atoms with Gasteiger partial charge in [-0.3, -0.25) is 0 Å². The average Bonchev–Trinajstić information content (AvgIpc) is 2.98. The van der Waals surface area contributed by atoms with Gasteiger partial charge in [-0.1, -0.05) is 36.4 Å². The van der Waals surface area contributed by atoms with E-state index in [1.165, 1.54) is 38.4 Å². The van der Waals surface area contributed by atoms with Crippen LogP contribution < -0.4 is 4.57 Å². The Hall–Kier alpha value is -3.13. The molecule has 0 amide bonds. The van der Waals surface area contributed by atoms with Gasteiger partial charge in [0.1, 0.15) is 18.2 Å². The molecule has 0 atom stereocenters. The van der Waals surface area contributed by atoms with E-state index in [0.29, 0.717) is 0 Å². The lowest BCUT2D eigenvalue weighted by atomic mass is 10.00. The van der Waals surface area contributed by atoms with Gasteiger partial charge in [0.2, 0.25) is 5.69 Å². The van der Waals surface area contributed by atoms with Crippen molar-refractivity contribution >= 4 is 32.7 Å². The number of benzene rings is 3. The molecule has 120 valence electrons. The van der Waals surface area contributed by atoms with E-state index in [1.54, 1.807) is 0 Å². The number of hydrogen-bond donors (Lipinski definition) is 0. The maximum absolute atomic E-state index is 6.09. The van der Waals surface area contributed by atoms with Crippen LogP contribution in [-0.2, 0) is 7.05 Å². The van der Waals surface area contributed by atoms with E-state index >= 15 is 0 Å². The first-order valence-corrected chi connectivity index (χ1v) is 8.51. The number of nitrogens with zero attached hydrogens (tertiary/aromatic N) is 1. The first-order valence-electron chi connectivity index (χ1n) is 8.51. The molecule has 0 bridgehead atoms. The summed E-state index contributed by atoms with van der Waals surface area (Å²) in [4.78, 5) is 0. The van der Waals surface area contributed by atoms with Crippen molar-refractivity contribution in [2.75, 3.05) is 0 Å². The first kappa shape index (κ1) is 14.2. The van der Waals surface area contributed by atoms with Crippen LogP contribution in [0.1, 0.15) is 5.56 Å². The van der Waals surface area contributed by atoms with Gasteiger partial charge in [0, 0.05) is 22.2 Å². The van der Waals surface area contributed by atoms with Gasteiger partial charge in [-0.25, -0.2) is 4.57 Å². The van der Waals surface area contributed by atoms with Gasteiger partial charge in [-0.2, -0.15) is 0 Å². The molecule has 0 spiro atoms.